The lowest BCUT2D eigenvalue weighted by Gasteiger charge is -2.20. The highest BCUT2D eigenvalue weighted by molar-refractivity contribution is 5.39. The Labute approximate surface area is 103 Å². The van der Waals surface area contributed by atoms with Gasteiger partial charge in [-0.15, -0.1) is 0 Å². The largest absolute Gasteiger partial charge is 0.399 e. The molecule has 1 fully saturated rings. The summed E-state index contributed by atoms with van der Waals surface area (Å²) in [5.41, 5.74) is 7.34. The minimum absolute atomic E-state index is 0.397. The summed E-state index contributed by atoms with van der Waals surface area (Å²) in [6, 6.07) is 7.51. The normalized spacial score (nSPS) is 22.8. The predicted octanol–water partition coefficient (Wildman–Crippen LogP) is 2.03. The van der Waals surface area contributed by atoms with Crippen LogP contribution in [0.25, 0.3) is 0 Å². The number of benzene rings is 1. The molecule has 0 amide bonds. The topological polar surface area (TPSA) is 49.5 Å². The van der Waals surface area contributed by atoms with E-state index in [1.54, 1.807) is 0 Å². The number of rotatable bonds is 4. The lowest BCUT2D eigenvalue weighted by molar-refractivity contribution is 0.124. The monoisotopic (exact) mass is 234 g/mol. The molecule has 94 valence electrons. The molecule has 1 aromatic rings. The molecule has 3 heteroatoms. The van der Waals surface area contributed by atoms with Crippen LogP contribution in [-0.2, 0) is 0 Å². The van der Waals surface area contributed by atoms with Crippen LogP contribution in [0.3, 0.4) is 0 Å². The van der Waals surface area contributed by atoms with Crippen LogP contribution in [0.4, 0.5) is 5.69 Å². The minimum atomic E-state index is -0.397. The van der Waals surface area contributed by atoms with E-state index < -0.39 is 6.10 Å². The number of hydrogen-bond acceptors (Lipinski definition) is 3. The van der Waals surface area contributed by atoms with Gasteiger partial charge >= 0.3 is 0 Å². The molecule has 1 saturated heterocycles. The second-order valence-corrected chi connectivity index (χ2v) is 5.00. The summed E-state index contributed by atoms with van der Waals surface area (Å²) in [7, 11) is 0. The fourth-order valence-corrected chi connectivity index (χ4v) is 2.48. The first-order valence-corrected chi connectivity index (χ1v) is 6.45. The molecule has 1 heterocycles. The van der Waals surface area contributed by atoms with Crippen molar-refractivity contribution >= 4 is 5.69 Å². The molecule has 0 aromatic heterocycles. The van der Waals surface area contributed by atoms with Crippen LogP contribution in [0.5, 0.6) is 0 Å². The number of aliphatic hydroxyl groups is 1. The number of anilines is 1. The average Bonchev–Trinajstić information content (AvgIpc) is 2.77. The number of nitrogens with zero attached hydrogens (tertiary/aromatic N) is 1. The zero-order valence-corrected chi connectivity index (χ0v) is 10.5. The Morgan fingerprint density at radius 2 is 2.12 bits per heavy atom. The molecule has 1 aliphatic rings. The third kappa shape index (κ3) is 3.20. The Kier molecular flexibility index (Phi) is 4.02. The van der Waals surface area contributed by atoms with Crippen LogP contribution in [0, 0.1) is 5.92 Å². The van der Waals surface area contributed by atoms with Crippen LogP contribution in [0.2, 0.25) is 0 Å². The number of nitrogen functional groups attached to an aromatic ring is 1. The van der Waals surface area contributed by atoms with Crippen molar-refractivity contribution < 1.29 is 5.11 Å². The van der Waals surface area contributed by atoms with Crippen molar-refractivity contribution in [2.75, 3.05) is 25.4 Å². The van der Waals surface area contributed by atoms with Crippen LogP contribution < -0.4 is 5.73 Å². The van der Waals surface area contributed by atoms with E-state index in [0.29, 0.717) is 0 Å². The van der Waals surface area contributed by atoms with Gasteiger partial charge in [0.2, 0.25) is 0 Å². The smallest absolute Gasteiger partial charge is 0.0916 e. The first-order valence-electron chi connectivity index (χ1n) is 6.45. The Bertz CT molecular complexity index is 350. The Balaban J connectivity index is 1.89. The van der Waals surface area contributed by atoms with E-state index in [9.17, 15) is 5.11 Å². The predicted molar refractivity (Wildman–Crippen MR) is 70.7 cm³/mol. The van der Waals surface area contributed by atoms with Gasteiger partial charge in [-0.3, -0.25) is 0 Å². The molecule has 3 nitrogen and oxygen atoms in total. The Morgan fingerprint density at radius 3 is 2.71 bits per heavy atom. The highest BCUT2D eigenvalue weighted by atomic mass is 16.3. The zero-order valence-electron chi connectivity index (χ0n) is 10.5. The summed E-state index contributed by atoms with van der Waals surface area (Å²) in [6.45, 7) is 5.22. The average molecular weight is 234 g/mol. The maximum absolute atomic E-state index is 10.1. The molecule has 0 spiro atoms. The number of likely N-dealkylation sites (tertiary alicyclic amines) is 1. The van der Waals surface area contributed by atoms with Gasteiger partial charge in [0.25, 0.3) is 0 Å². The quantitative estimate of drug-likeness (QED) is 0.784. The number of β-amino-alcohol motifs (C(OH)–C–C–N with tert-alkyl or cyclic N) is 1. The van der Waals surface area contributed by atoms with Crippen molar-refractivity contribution in [2.24, 2.45) is 5.92 Å². The van der Waals surface area contributed by atoms with E-state index in [1.165, 1.54) is 12.8 Å². The number of nitrogens with two attached hydrogens (primary N) is 1. The molecule has 0 aliphatic carbocycles. The zero-order chi connectivity index (χ0) is 12.3. The van der Waals surface area contributed by atoms with Crippen molar-refractivity contribution in [3.8, 4) is 0 Å². The standard InChI is InChI=1S/C14H22N2O/c1-2-11-7-8-16(9-11)10-14(17)12-3-5-13(15)6-4-12/h3-6,11,14,17H,2,7-10,15H2,1H3. The third-order valence-corrected chi connectivity index (χ3v) is 3.70. The molecule has 3 N–H and O–H groups in total. The molecule has 2 atom stereocenters. The van der Waals surface area contributed by atoms with E-state index in [0.717, 1.165) is 36.8 Å². The molecule has 1 aliphatic heterocycles. The first kappa shape index (κ1) is 12.4. The van der Waals surface area contributed by atoms with Gasteiger partial charge in [0.05, 0.1) is 6.10 Å². The lowest BCUT2D eigenvalue weighted by Crippen LogP contribution is -2.26. The summed E-state index contributed by atoms with van der Waals surface area (Å²) in [5.74, 6) is 0.814. The number of aliphatic hydroxyl groups excluding tert-OH is 1. The second-order valence-electron chi connectivity index (χ2n) is 5.00. The van der Waals surface area contributed by atoms with Crippen molar-refractivity contribution in [1.29, 1.82) is 0 Å². The van der Waals surface area contributed by atoms with Crippen LogP contribution in [-0.4, -0.2) is 29.6 Å². The maximum Gasteiger partial charge on any atom is 0.0916 e. The van der Waals surface area contributed by atoms with E-state index in [1.807, 2.05) is 24.3 Å². The fraction of sp³-hybridized carbons (Fsp3) is 0.571. The van der Waals surface area contributed by atoms with E-state index in [-0.39, 0.29) is 0 Å². The summed E-state index contributed by atoms with van der Waals surface area (Å²) in [4.78, 5) is 2.36. The minimum Gasteiger partial charge on any atom is -0.399 e. The van der Waals surface area contributed by atoms with Crippen molar-refractivity contribution in [2.45, 2.75) is 25.9 Å². The van der Waals surface area contributed by atoms with Gasteiger partial charge in [0, 0.05) is 18.8 Å². The van der Waals surface area contributed by atoms with Gasteiger partial charge < -0.3 is 15.7 Å². The van der Waals surface area contributed by atoms with Gasteiger partial charge in [-0.2, -0.15) is 0 Å². The molecule has 0 bridgehead atoms. The molecular weight excluding hydrogens is 212 g/mol. The molecule has 17 heavy (non-hydrogen) atoms. The van der Waals surface area contributed by atoms with Crippen LogP contribution in [0.15, 0.2) is 24.3 Å². The van der Waals surface area contributed by atoms with E-state index in [4.69, 9.17) is 5.73 Å². The molecule has 1 aromatic carbocycles. The Hall–Kier alpha value is -1.06. The van der Waals surface area contributed by atoms with Crippen LogP contribution >= 0.6 is 0 Å². The molecule has 2 unspecified atom stereocenters. The van der Waals surface area contributed by atoms with Gasteiger partial charge in [-0.05, 0) is 36.6 Å². The first-order chi connectivity index (χ1) is 8.19. The highest BCUT2D eigenvalue weighted by Crippen LogP contribution is 2.22. The highest BCUT2D eigenvalue weighted by Gasteiger charge is 2.23. The summed E-state index contributed by atoms with van der Waals surface area (Å²) in [6.07, 6.45) is 2.12. The van der Waals surface area contributed by atoms with Gasteiger partial charge in [-0.1, -0.05) is 25.5 Å². The molecule has 0 radical (unpaired) electrons. The SMILES string of the molecule is CCC1CCN(CC(O)c2ccc(N)cc2)C1. The van der Waals surface area contributed by atoms with Crippen molar-refractivity contribution in [3.05, 3.63) is 29.8 Å². The lowest BCUT2D eigenvalue weighted by atomic mass is 10.1. The van der Waals surface area contributed by atoms with Gasteiger partial charge in [0.1, 0.15) is 0 Å². The molecule has 2 rings (SSSR count). The summed E-state index contributed by atoms with van der Waals surface area (Å²) >= 11 is 0. The van der Waals surface area contributed by atoms with Crippen molar-refractivity contribution in [3.63, 3.8) is 0 Å². The fourth-order valence-electron chi connectivity index (χ4n) is 2.48. The maximum atomic E-state index is 10.1. The summed E-state index contributed by atoms with van der Waals surface area (Å²) in [5, 5.41) is 10.1. The molecular formula is C14H22N2O. The summed E-state index contributed by atoms with van der Waals surface area (Å²) < 4.78 is 0. The van der Waals surface area contributed by atoms with Gasteiger partial charge in [0.15, 0.2) is 0 Å². The van der Waals surface area contributed by atoms with Crippen molar-refractivity contribution in [1.82, 2.24) is 4.90 Å². The second kappa shape index (κ2) is 5.52. The third-order valence-electron chi connectivity index (χ3n) is 3.70. The number of hydrogen-bond donors (Lipinski definition) is 2. The van der Waals surface area contributed by atoms with Gasteiger partial charge in [-0.25, -0.2) is 0 Å². The van der Waals surface area contributed by atoms with E-state index >= 15 is 0 Å². The Morgan fingerprint density at radius 1 is 1.41 bits per heavy atom. The van der Waals surface area contributed by atoms with E-state index in [2.05, 4.69) is 11.8 Å². The molecule has 0 saturated carbocycles. The van der Waals surface area contributed by atoms with Crippen LogP contribution in [0.1, 0.15) is 31.4 Å².